The average Bonchev–Trinajstić information content (AvgIpc) is 2.70. The third kappa shape index (κ3) is 5.48. The van der Waals surface area contributed by atoms with Gasteiger partial charge in [-0.2, -0.15) is 0 Å². The maximum atomic E-state index is 13.2. The Labute approximate surface area is 191 Å². The van der Waals surface area contributed by atoms with Gasteiger partial charge in [0.1, 0.15) is 11.2 Å². The quantitative estimate of drug-likeness (QED) is 0.509. The third-order valence-corrected chi connectivity index (χ3v) is 5.60. The largest absolute Gasteiger partial charge is 0.456 e. The molecule has 0 radical (unpaired) electrons. The van der Waals surface area contributed by atoms with Gasteiger partial charge in [0, 0.05) is 24.7 Å². The van der Waals surface area contributed by atoms with E-state index < -0.39 is 11.6 Å². The van der Waals surface area contributed by atoms with Gasteiger partial charge < -0.3 is 14.4 Å². The number of carbonyl (C=O) groups excluding carboxylic acids is 1. The van der Waals surface area contributed by atoms with E-state index in [1.165, 1.54) is 6.20 Å². The third-order valence-electron chi connectivity index (χ3n) is 4.75. The van der Waals surface area contributed by atoms with E-state index >= 15 is 0 Å². The molecule has 1 N–H and O–H groups in total. The lowest BCUT2D eigenvalue weighted by atomic mass is 10.0. The number of halogens is 2. The smallest absolute Gasteiger partial charge is 0.344 e. The number of ether oxygens (including phenoxy) is 1. The van der Waals surface area contributed by atoms with Crippen LogP contribution < -0.4 is 5.43 Å². The summed E-state index contributed by atoms with van der Waals surface area (Å²) in [4.78, 5) is 25.9. The fraction of sp³-hybridized carbons (Fsp3) is 0.333. The SMILES string of the molecule is CC(C)(C)OC(=O)c1cn(CCCO)c2ccc(Cc3cccc(Cl)c3Cl)cc2c1=O. The Morgan fingerprint density at radius 3 is 2.58 bits per heavy atom. The molecule has 0 aliphatic carbocycles. The zero-order valence-corrected chi connectivity index (χ0v) is 19.3. The summed E-state index contributed by atoms with van der Waals surface area (Å²) in [6.45, 7) is 5.72. The number of aromatic nitrogens is 1. The number of esters is 1. The molecule has 0 unspecified atom stereocenters. The molecule has 7 heteroatoms. The van der Waals surface area contributed by atoms with Gasteiger partial charge in [-0.25, -0.2) is 4.79 Å². The molecular weight excluding hydrogens is 437 g/mol. The number of fused-ring (bicyclic) bond motifs is 1. The molecule has 0 atom stereocenters. The number of aliphatic hydroxyl groups is 1. The molecule has 0 amide bonds. The molecule has 164 valence electrons. The normalized spacial score (nSPS) is 11.7. The minimum Gasteiger partial charge on any atom is -0.456 e. The minimum absolute atomic E-state index is 0.000734. The summed E-state index contributed by atoms with van der Waals surface area (Å²) in [7, 11) is 0. The van der Waals surface area contributed by atoms with Crippen LogP contribution in [0.15, 0.2) is 47.4 Å². The summed E-state index contributed by atoms with van der Waals surface area (Å²) in [5.74, 6) is -0.666. The van der Waals surface area contributed by atoms with Crippen molar-refractivity contribution in [1.82, 2.24) is 4.57 Å². The summed E-state index contributed by atoms with van der Waals surface area (Å²) in [5.41, 5.74) is 1.26. The molecule has 0 aliphatic heterocycles. The lowest BCUT2D eigenvalue weighted by molar-refractivity contribution is 0.00674. The van der Waals surface area contributed by atoms with Crippen LogP contribution in [-0.2, 0) is 17.7 Å². The molecule has 1 aromatic heterocycles. The number of carbonyl (C=O) groups is 1. The number of aliphatic hydroxyl groups excluding tert-OH is 1. The van der Waals surface area contributed by atoms with Crippen molar-refractivity contribution in [3.8, 4) is 0 Å². The molecule has 3 aromatic rings. The first-order valence-electron chi connectivity index (χ1n) is 10.0. The summed E-state index contributed by atoms with van der Waals surface area (Å²) in [6, 6.07) is 11.0. The van der Waals surface area contributed by atoms with Gasteiger partial charge in [0.05, 0.1) is 15.6 Å². The van der Waals surface area contributed by atoms with E-state index in [-0.39, 0.29) is 17.6 Å². The predicted octanol–water partition coefficient (Wildman–Crippen LogP) is 5.24. The van der Waals surface area contributed by atoms with Crippen LogP contribution in [0.5, 0.6) is 0 Å². The van der Waals surface area contributed by atoms with Crippen LogP contribution in [0.2, 0.25) is 10.0 Å². The molecule has 31 heavy (non-hydrogen) atoms. The van der Waals surface area contributed by atoms with Gasteiger partial charge in [0.25, 0.3) is 0 Å². The van der Waals surface area contributed by atoms with Gasteiger partial charge >= 0.3 is 5.97 Å². The zero-order valence-electron chi connectivity index (χ0n) is 17.7. The zero-order chi connectivity index (χ0) is 22.8. The van der Waals surface area contributed by atoms with Crippen LogP contribution in [0.3, 0.4) is 0 Å². The van der Waals surface area contributed by atoms with Crippen molar-refractivity contribution in [3.63, 3.8) is 0 Å². The van der Waals surface area contributed by atoms with E-state index in [2.05, 4.69) is 0 Å². The summed E-state index contributed by atoms with van der Waals surface area (Å²) < 4.78 is 7.24. The Bertz CT molecular complexity index is 1180. The number of benzene rings is 2. The second-order valence-electron chi connectivity index (χ2n) is 8.39. The minimum atomic E-state index is -0.723. The fourth-order valence-electron chi connectivity index (χ4n) is 3.36. The maximum absolute atomic E-state index is 13.2. The molecule has 3 rings (SSSR count). The maximum Gasteiger partial charge on any atom is 0.344 e. The number of rotatable bonds is 6. The van der Waals surface area contributed by atoms with Gasteiger partial charge in [-0.15, -0.1) is 0 Å². The molecule has 0 fully saturated rings. The number of hydrogen-bond acceptors (Lipinski definition) is 4. The van der Waals surface area contributed by atoms with Crippen molar-refractivity contribution >= 4 is 40.1 Å². The first kappa shape index (κ1) is 23.3. The Morgan fingerprint density at radius 1 is 1.16 bits per heavy atom. The van der Waals surface area contributed by atoms with Crippen LogP contribution in [-0.4, -0.2) is 27.9 Å². The molecule has 0 bridgehead atoms. The van der Waals surface area contributed by atoms with Gasteiger partial charge in [-0.3, -0.25) is 4.79 Å². The molecule has 0 aliphatic rings. The highest BCUT2D eigenvalue weighted by atomic mass is 35.5. The van der Waals surface area contributed by atoms with E-state index in [4.69, 9.17) is 27.9 Å². The van der Waals surface area contributed by atoms with Crippen LogP contribution in [0, 0.1) is 0 Å². The highest BCUT2D eigenvalue weighted by Gasteiger charge is 2.22. The molecule has 0 saturated carbocycles. The second-order valence-corrected chi connectivity index (χ2v) is 9.17. The topological polar surface area (TPSA) is 68.5 Å². The number of nitrogens with zero attached hydrogens (tertiary/aromatic N) is 1. The van der Waals surface area contributed by atoms with E-state index in [1.807, 2.05) is 28.8 Å². The van der Waals surface area contributed by atoms with Crippen LogP contribution in [0.25, 0.3) is 10.9 Å². The predicted molar refractivity (Wildman–Crippen MR) is 124 cm³/mol. The Hall–Kier alpha value is -2.34. The van der Waals surface area contributed by atoms with Crippen molar-refractivity contribution in [2.45, 2.75) is 45.8 Å². The molecule has 5 nitrogen and oxygen atoms in total. The lowest BCUT2D eigenvalue weighted by Crippen LogP contribution is -2.28. The van der Waals surface area contributed by atoms with Gasteiger partial charge in [-0.05, 0) is 62.9 Å². The summed E-state index contributed by atoms with van der Waals surface area (Å²) in [5, 5.41) is 10.6. The van der Waals surface area contributed by atoms with Crippen LogP contribution >= 0.6 is 23.2 Å². The van der Waals surface area contributed by atoms with Crippen molar-refractivity contribution in [3.05, 3.63) is 79.6 Å². The highest BCUT2D eigenvalue weighted by Crippen LogP contribution is 2.28. The molecular formula is C24H25Cl2NO4. The van der Waals surface area contributed by atoms with E-state index in [0.29, 0.717) is 40.3 Å². The average molecular weight is 462 g/mol. The van der Waals surface area contributed by atoms with Gasteiger partial charge in [-0.1, -0.05) is 41.4 Å². The molecule has 0 saturated heterocycles. The number of hydrogen-bond donors (Lipinski definition) is 1. The van der Waals surface area contributed by atoms with E-state index in [1.54, 1.807) is 32.9 Å². The van der Waals surface area contributed by atoms with Gasteiger partial charge in [0.2, 0.25) is 5.43 Å². The fourth-order valence-corrected chi connectivity index (χ4v) is 3.75. The van der Waals surface area contributed by atoms with E-state index in [0.717, 1.165) is 11.1 Å². The first-order valence-corrected chi connectivity index (χ1v) is 10.8. The lowest BCUT2D eigenvalue weighted by Gasteiger charge is -2.20. The monoisotopic (exact) mass is 461 g/mol. The van der Waals surface area contributed by atoms with E-state index in [9.17, 15) is 14.7 Å². The van der Waals surface area contributed by atoms with Crippen molar-refractivity contribution in [2.24, 2.45) is 0 Å². The summed E-state index contributed by atoms with van der Waals surface area (Å²) in [6.07, 6.45) is 2.50. The van der Waals surface area contributed by atoms with Gasteiger partial charge in [0.15, 0.2) is 0 Å². The Balaban J connectivity index is 2.12. The van der Waals surface area contributed by atoms with Crippen LogP contribution in [0.4, 0.5) is 0 Å². The second kappa shape index (κ2) is 9.43. The standard InChI is InChI=1S/C24H25Cl2NO4/c1-24(2,3)31-23(30)18-14-27(10-5-11-28)20-9-8-15(13-17(20)22(18)29)12-16-6-4-7-19(25)21(16)26/h4,6-9,13-14,28H,5,10-12H2,1-3H3. The van der Waals surface area contributed by atoms with Crippen LogP contribution in [0.1, 0.15) is 48.7 Å². The van der Waals surface area contributed by atoms with Crippen molar-refractivity contribution in [1.29, 1.82) is 0 Å². The first-order chi connectivity index (χ1) is 14.6. The number of aryl methyl sites for hydroxylation is 1. The Kier molecular flexibility index (Phi) is 7.10. The Morgan fingerprint density at radius 2 is 1.90 bits per heavy atom. The highest BCUT2D eigenvalue weighted by molar-refractivity contribution is 6.42. The molecule has 1 heterocycles. The van der Waals surface area contributed by atoms with Crippen molar-refractivity contribution in [2.75, 3.05) is 6.61 Å². The molecule has 2 aromatic carbocycles. The summed E-state index contributed by atoms with van der Waals surface area (Å²) >= 11 is 12.4. The van der Waals surface area contributed by atoms with Crippen molar-refractivity contribution < 1.29 is 14.6 Å². The molecule has 0 spiro atoms. The number of pyridine rings is 1.